The first-order valence-corrected chi connectivity index (χ1v) is 9.40. The molecule has 1 aliphatic rings. The van der Waals surface area contributed by atoms with Crippen molar-refractivity contribution in [1.29, 1.82) is 0 Å². The number of carbonyl (C=O) groups excluding carboxylic acids is 1. The van der Waals surface area contributed by atoms with Gasteiger partial charge in [0.25, 0.3) is 5.91 Å². The molecule has 7 heteroatoms. The maximum atomic E-state index is 13.0. The summed E-state index contributed by atoms with van der Waals surface area (Å²) in [6.07, 6.45) is 1.55. The van der Waals surface area contributed by atoms with Crippen molar-refractivity contribution in [2.75, 3.05) is 14.2 Å². The van der Waals surface area contributed by atoms with Crippen molar-refractivity contribution in [2.24, 2.45) is 5.14 Å². The Bertz CT molecular complexity index is 899. The fourth-order valence-electron chi connectivity index (χ4n) is 3.20. The molecule has 0 spiro atoms. The van der Waals surface area contributed by atoms with Gasteiger partial charge in [0.15, 0.2) is 0 Å². The van der Waals surface area contributed by atoms with Crippen LogP contribution in [0.1, 0.15) is 21.5 Å². The van der Waals surface area contributed by atoms with Crippen molar-refractivity contribution >= 4 is 15.9 Å². The minimum absolute atomic E-state index is 0.0211. The largest absolute Gasteiger partial charge is 0.496 e. The van der Waals surface area contributed by atoms with Crippen LogP contribution in [-0.4, -0.2) is 39.4 Å². The SMILES string of the molecule is COc1ccc(S(N)(=O)=O)cc1C(=O)N(C)C1Cc2ccccc2C1. The number of likely N-dealkylation sites (N-methyl/N-ethyl adjacent to an activating group) is 1. The molecule has 0 radical (unpaired) electrons. The summed E-state index contributed by atoms with van der Waals surface area (Å²) >= 11 is 0. The Labute approximate surface area is 147 Å². The van der Waals surface area contributed by atoms with Gasteiger partial charge in [0.1, 0.15) is 5.75 Å². The van der Waals surface area contributed by atoms with Crippen molar-refractivity contribution in [3.05, 3.63) is 59.2 Å². The molecule has 0 fully saturated rings. The third-order valence-electron chi connectivity index (χ3n) is 4.63. The predicted octanol–water partition coefficient (Wildman–Crippen LogP) is 1.58. The Balaban J connectivity index is 1.90. The maximum absolute atomic E-state index is 13.0. The first-order chi connectivity index (χ1) is 11.8. The van der Waals surface area contributed by atoms with E-state index >= 15 is 0 Å². The molecule has 0 saturated carbocycles. The van der Waals surface area contributed by atoms with Crippen LogP contribution in [0.3, 0.4) is 0 Å². The third-order valence-corrected chi connectivity index (χ3v) is 5.54. The first-order valence-electron chi connectivity index (χ1n) is 7.86. The van der Waals surface area contributed by atoms with Crippen LogP contribution in [0.5, 0.6) is 5.75 Å². The maximum Gasteiger partial charge on any atom is 0.257 e. The van der Waals surface area contributed by atoms with E-state index in [0.29, 0.717) is 5.75 Å². The fourth-order valence-corrected chi connectivity index (χ4v) is 3.74. The second-order valence-corrected chi connectivity index (χ2v) is 7.72. The number of methoxy groups -OCH3 is 1. The predicted molar refractivity (Wildman–Crippen MR) is 94.1 cm³/mol. The Morgan fingerprint density at radius 3 is 2.28 bits per heavy atom. The van der Waals surface area contributed by atoms with Gasteiger partial charge in [0.05, 0.1) is 17.6 Å². The summed E-state index contributed by atoms with van der Waals surface area (Å²) in [6, 6.07) is 12.2. The van der Waals surface area contributed by atoms with E-state index < -0.39 is 10.0 Å². The Morgan fingerprint density at radius 2 is 1.76 bits per heavy atom. The molecule has 3 rings (SSSR count). The zero-order chi connectivity index (χ0) is 18.2. The number of rotatable bonds is 4. The van der Waals surface area contributed by atoms with Crippen molar-refractivity contribution < 1.29 is 17.9 Å². The van der Waals surface area contributed by atoms with E-state index in [2.05, 4.69) is 12.1 Å². The highest BCUT2D eigenvalue weighted by Crippen LogP contribution is 2.28. The summed E-state index contributed by atoms with van der Waals surface area (Å²) in [5, 5.41) is 5.18. The standard InChI is InChI=1S/C18H20N2O4S/c1-20(14-9-12-5-3-4-6-13(12)10-14)18(21)16-11-15(25(19,22)23)7-8-17(16)24-2/h3-8,11,14H,9-10H2,1-2H3,(H2,19,22,23). The Morgan fingerprint density at radius 1 is 1.16 bits per heavy atom. The topological polar surface area (TPSA) is 89.7 Å². The van der Waals surface area contributed by atoms with Gasteiger partial charge in [-0.2, -0.15) is 0 Å². The monoisotopic (exact) mass is 360 g/mol. The smallest absolute Gasteiger partial charge is 0.257 e. The van der Waals surface area contributed by atoms with Gasteiger partial charge in [-0.3, -0.25) is 4.79 Å². The number of primary sulfonamides is 1. The summed E-state index contributed by atoms with van der Waals surface area (Å²) < 4.78 is 28.4. The number of benzene rings is 2. The number of hydrogen-bond donors (Lipinski definition) is 1. The van der Waals surface area contributed by atoms with Gasteiger partial charge in [-0.25, -0.2) is 13.6 Å². The van der Waals surface area contributed by atoms with E-state index in [9.17, 15) is 13.2 Å². The summed E-state index contributed by atoms with van der Waals surface area (Å²) in [7, 11) is -0.736. The van der Waals surface area contributed by atoms with Crippen LogP contribution in [0.2, 0.25) is 0 Å². The molecule has 0 heterocycles. The molecule has 1 amide bonds. The van der Waals surface area contributed by atoms with E-state index in [-0.39, 0.29) is 22.4 Å². The minimum atomic E-state index is -3.90. The van der Waals surface area contributed by atoms with Gasteiger partial charge in [0.2, 0.25) is 10.0 Å². The van der Waals surface area contributed by atoms with Crippen LogP contribution in [0.25, 0.3) is 0 Å². The molecular weight excluding hydrogens is 340 g/mol. The molecule has 2 aromatic rings. The van der Waals surface area contributed by atoms with Crippen molar-refractivity contribution in [3.8, 4) is 5.75 Å². The molecule has 0 unspecified atom stereocenters. The highest BCUT2D eigenvalue weighted by Gasteiger charge is 2.29. The highest BCUT2D eigenvalue weighted by molar-refractivity contribution is 7.89. The summed E-state index contributed by atoms with van der Waals surface area (Å²) in [4.78, 5) is 14.5. The van der Waals surface area contributed by atoms with Crippen molar-refractivity contribution in [1.82, 2.24) is 4.90 Å². The molecule has 2 N–H and O–H groups in total. The van der Waals surface area contributed by atoms with Crippen LogP contribution in [0.4, 0.5) is 0 Å². The van der Waals surface area contributed by atoms with Gasteiger partial charge in [-0.15, -0.1) is 0 Å². The average Bonchev–Trinajstić information content (AvgIpc) is 3.03. The highest BCUT2D eigenvalue weighted by atomic mass is 32.2. The molecule has 0 aliphatic heterocycles. The summed E-state index contributed by atoms with van der Waals surface area (Å²) in [5.41, 5.74) is 2.65. The van der Waals surface area contributed by atoms with Crippen LogP contribution in [0.15, 0.2) is 47.4 Å². The Hall–Kier alpha value is -2.38. The molecule has 25 heavy (non-hydrogen) atoms. The lowest BCUT2D eigenvalue weighted by Gasteiger charge is -2.25. The number of ether oxygens (including phenoxy) is 1. The van der Waals surface area contributed by atoms with Crippen LogP contribution >= 0.6 is 0 Å². The van der Waals surface area contributed by atoms with Crippen molar-refractivity contribution in [3.63, 3.8) is 0 Å². The third kappa shape index (κ3) is 3.38. The normalized spacial score (nSPS) is 14.2. The van der Waals surface area contributed by atoms with Crippen molar-refractivity contribution in [2.45, 2.75) is 23.8 Å². The second-order valence-electron chi connectivity index (χ2n) is 6.15. The van der Waals surface area contributed by atoms with Crippen LogP contribution in [0, 0.1) is 0 Å². The summed E-state index contributed by atoms with van der Waals surface area (Å²) in [6.45, 7) is 0. The average molecular weight is 360 g/mol. The lowest BCUT2D eigenvalue weighted by molar-refractivity contribution is 0.0734. The molecule has 2 aromatic carbocycles. The molecule has 6 nitrogen and oxygen atoms in total. The van der Waals surface area contributed by atoms with Gasteiger partial charge in [-0.1, -0.05) is 24.3 Å². The van der Waals surface area contributed by atoms with E-state index in [1.54, 1.807) is 11.9 Å². The van der Waals surface area contributed by atoms with Gasteiger partial charge >= 0.3 is 0 Å². The quantitative estimate of drug-likeness (QED) is 0.896. The number of fused-ring (bicyclic) bond motifs is 1. The van der Waals surface area contributed by atoms with Crippen LogP contribution in [-0.2, 0) is 22.9 Å². The second kappa shape index (κ2) is 6.50. The van der Waals surface area contributed by atoms with E-state index in [4.69, 9.17) is 9.88 Å². The molecule has 132 valence electrons. The zero-order valence-corrected chi connectivity index (χ0v) is 14.9. The van der Waals surface area contributed by atoms with Gasteiger partial charge < -0.3 is 9.64 Å². The van der Waals surface area contributed by atoms with Gasteiger partial charge in [0, 0.05) is 13.1 Å². The number of amides is 1. The molecule has 0 atom stereocenters. The van der Waals surface area contributed by atoms with E-state index in [1.165, 1.54) is 36.4 Å². The number of nitrogens with zero attached hydrogens (tertiary/aromatic N) is 1. The van der Waals surface area contributed by atoms with Gasteiger partial charge in [-0.05, 0) is 42.2 Å². The number of hydrogen-bond acceptors (Lipinski definition) is 4. The van der Waals surface area contributed by atoms with E-state index in [0.717, 1.165) is 12.8 Å². The van der Waals surface area contributed by atoms with E-state index in [1.807, 2.05) is 12.1 Å². The lowest BCUT2D eigenvalue weighted by atomic mass is 10.1. The molecular formula is C18H20N2O4S. The number of sulfonamides is 1. The molecule has 0 aromatic heterocycles. The summed E-state index contributed by atoms with van der Waals surface area (Å²) in [5.74, 6) is 0.0277. The fraction of sp³-hybridized carbons (Fsp3) is 0.278. The molecule has 0 bridgehead atoms. The minimum Gasteiger partial charge on any atom is -0.496 e. The molecule has 1 aliphatic carbocycles. The Kier molecular flexibility index (Phi) is 4.53. The number of carbonyl (C=O) groups is 1. The lowest BCUT2D eigenvalue weighted by Crippen LogP contribution is -2.37. The number of nitrogens with two attached hydrogens (primary N) is 1. The zero-order valence-electron chi connectivity index (χ0n) is 14.1. The van der Waals surface area contributed by atoms with Crippen LogP contribution < -0.4 is 9.88 Å². The molecule has 0 saturated heterocycles. The first kappa shape index (κ1) is 17.4.